The maximum Gasteiger partial charge on any atom is 0.229 e. The quantitative estimate of drug-likeness (QED) is 0.914. The Morgan fingerprint density at radius 1 is 1.47 bits per heavy atom. The number of hydrogen-bond donors (Lipinski definition) is 1. The standard InChI is InChI=1S/C14H17N3OS/c1-8-3-4-11-13(9(8)2)16-14(19-11)17-7-10(6-15)5-12(17)18/h3-4,10H,5-7,15H2,1-2H3. The lowest BCUT2D eigenvalue weighted by Gasteiger charge is -2.11. The number of rotatable bonds is 2. The Kier molecular flexibility index (Phi) is 3.03. The number of aromatic nitrogens is 1. The highest BCUT2D eigenvalue weighted by Gasteiger charge is 2.31. The van der Waals surface area contributed by atoms with Crippen molar-refractivity contribution in [3.63, 3.8) is 0 Å². The molecule has 1 aromatic heterocycles. The molecule has 4 nitrogen and oxygen atoms in total. The molecule has 1 aliphatic rings. The van der Waals surface area contributed by atoms with Gasteiger partial charge in [-0.25, -0.2) is 4.98 Å². The summed E-state index contributed by atoms with van der Waals surface area (Å²) >= 11 is 1.59. The van der Waals surface area contributed by atoms with Crippen LogP contribution >= 0.6 is 11.3 Å². The fourth-order valence-electron chi connectivity index (χ4n) is 2.45. The number of anilines is 1. The topological polar surface area (TPSA) is 59.2 Å². The summed E-state index contributed by atoms with van der Waals surface area (Å²) in [4.78, 5) is 18.5. The van der Waals surface area contributed by atoms with Gasteiger partial charge in [0.1, 0.15) is 0 Å². The Hall–Kier alpha value is -1.46. The highest BCUT2D eigenvalue weighted by molar-refractivity contribution is 7.22. The number of fused-ring (bicyclic) bond motifs is 1. The van der Waals surface area contributed by atoms with Crippen LogP contribution in [0.4, 0.5) is 5.13 Å². The molecule has 5 heteroatoms. The Morgan fingerprint density at radius 3 is 2.95 bits per heavy atom. The third-order valence-corrected chi connectivity index (χ3v) is 4.89. The number of nitrogens with zero attached hydrogens (tertiary/aromatic N) is 2. The van der Waals surface area contributed by atoms with Crippen molar-refractivity contribution in [2.45, 2.75) is 20.3 Å². The monoisotopic (exact) mass is 275 g/mol. The lowest BCUT2D eigenvalue weighted by Crippen LogP contribution is -2.25. The van der Waals surface area contributed by atoms with E-state index in [0.717, 1.165) is 15.3 Å². The average Bonchev–Trinajstić information content (AvgIpc) is 2.97. The summed E-state index contributed by atoms with van der Waals surface area (Å²) in [6.45, 7) is 5.42. The minimum Gasteiger partial charge on any atom is -0.330 e. The second-order valence-corrected chi connectivity index (χ2v) is 6.17. The molecular weight excluding hydrogens is 258 g/mol. The molecule has 0 spiro atoms. The van der Waals surface area contributed by atoms with Crippen molar-refractivity contribution in [3.8, 4) is 0 Å². The smallest absolute Gasteiger partial charge is 0.229 e. The molecule has 1 fully saturated rings. The van der Waals surface area contributed by atoms with Gasteiger partial charge in [-0.1, -0.05) is 17.4 Å². The van der Waals surface area contributed by atoms with E-state index in [1.165, 1.54) is 11.1 Å². The SMILES string of the molecule is Cc1ccc2sc(N3CC(CN)CC3=O)nc2c1C. The second-order valence-electron chi connectivity index (χ2n) is 5.16. The van der Waals surface area contributed by atoms with E-state index in [-0.39, 0.29) is 11.8 Å². The fourth-order valence-corrected chi connectivity index (χ4v) is 3.51. The molecule has 1 saturated heterocycles. The third kappa shape index (κ3) is 2.03. The van der Waals surface area contributed by atoms with Crippen LogP contribution in [0.15, 0.2) is 12.1 Å². The second kappa shape index (κ2) is 4.58. The Bertz CT molecular complexity index is 649. The van der Waals surface area contributed by atoms with Crippen LogP contribution in [0.2, 0.25) is 0 Å². The van der Waals surface area contributed by atoms with E-state index in [0.29, 0.717) is 19.5 Å². The summed E-state index contributed by atoms with van der Waals surface area (Å²) in [6.07, 6.45) is 0.546. The fraction of sp³-hybridized carbons (Fsp3) is 0.429. The molecule has 1 unspecified atom stereocenters. The van der Waals surface area contributed by atoms with Gasteiger partial charge in [0.05, 0.1) is 10.2 Å². The molecule has 1 aliphatic heterocycles. The van der Waals surface area contributed by atoms with Crippen molar-refractivity contribution in [3.05, 3.63) is 23.3 Å². The number of carbonyl (C=O) groups is 1. The molecule has 1 aromatic carbocycles. The molecule has 0 bridgehead atoms. The predicted molar refractivity (Wildman–Crippen MR) is 78.6 cm³/mol. The van der Waals surface area contributed by atoms with E-state index in [1.807, 2.05) is 0 Å². The molecular formula is C14H17N3OS. The summed E-state index contributed by atoms with van der Waals surface area (Å²) in [5.74, 6) is 0.409. The summed E-state index contributed by atoms with van der Waals surface area (Å²) in [6, 6.07) is 4.19. The molecule has 2 N–H and O–H groups in total. The number of nitrogens with two attached hydrogens (primary N) is 1. The van der Waals surface area contributed by atoms with Gasteiger partial charge in [-0.05, 0) is 43.5 Å². The van der Waals surface area contributed by atoms with E-state index in [9.17, 15) is 4.79 Å². The Labute approximate surface area is 116 Å². The molecule has 19 heavy (non-hydrogen) atoms. The minimum atomic E-state index is 0.142. The molecule has 0 radical (unpaired) electrons. The van der Waals surface area contributed by atoms with E-state index < -0.39 is 0 Å². The van der Waals surface area contributed by atoms with E-state index >= 15 is 0 Å². The van der Waals surface area contributed by atoms with E-state index in [1.54, 1.807) is 16.2 Å². The first kappa shape index (κ1) is 12.6. The van der Waals surface area contributed by atoms with Crippen LogP contribution in [0.5, 0.6) is 0 Å². The zero-order valence-corrected chi connectivity index (χ0v) is 12.0. The predicted octanol–water partition coefficient (Wildman–Crippen LogP) is 2.22. The zero-order chi connectivity index (χ0) is 13.6. The van der Waals surface area contributed by atoms with Gasteiger partial charge < -0.3 is 5.73 Å². The van der Waals surface area contributed by atoms with E-state index in [2.05, 4.69) is 31.0 Å². The largest absolute Gasteiger partial charge is 0.330 e. The minimum absolute atomic E-state index is 0.142. The number of amides is 1. The molecule has 1 amide bonds. The van der Waals surface area contributed by atoms with E-state index in [4.69, 9.17) is 5.73 Å². The summed E-state index contributed by atoms with van der Waals surface area (Å²) in [5, 5.41) is 0.810. The third-order valence-electron chi connectivity index (χ3n) is 3.84. The van der Waals surface area contributed by atoms with Gasteiger partial charge in [-0.2, -0.15) is 0 Å². The normalized spacial score (nSPS) is 19.6. The lowest BCUT2D eigenvalue weighted by molar-refractivity contribution is -0.117. The number of hydrogen-bond acceptors (Lipinski definition) is 4. The van der Waals surface area contributed by atoms with Gasteiger partial charge in [-0.15, -0.1) is 0 Å². The first-order chi connectivity index (χ1) is 9.10. The van der Waals surface area contributed by atoms with Crippen molar-refractivity contribution in [1.82, 2.24) is 4.98 Å². The van der Waals surface area contributed by atoms with Crippen LogP contribution in [0.1, 0.15) is 17.5 Å². The van der Waals surface area contributed by atoms with Gasteiger partial charge in [0.25, 0.3) is 0 Å². The highest BCUT2D eigenvalue weighted by Crippen LogP contribution is 2.34. The van der Waals surface area contributed by atoms with Gasteiger partial charge in [-0.3, -0.25) is 9.69 Å². The van der Waals surface area contributed by atoms with Crippen LogP contribution in [-0.2, 0) is 4.79 Å². The summed E-state index contributed by atoms with van der Waals surface area (Å²) < 4.78 is 1.14. The Balaban J connectivity index is 2.02. The first-order valence-corrected chi connectivity index (χ1v) is 7.29. The number of aryl methyl sites for hydroxylation is 2. The average molecular weight is 275 g/mol. The van der Waals surface area contributed by atoms with Crippen molar-refractivity contribution in [2.24, 2.45) is 11.7 Å². The van der Waals surface area contributed by atoms with Crippen LogP contribution in [0, 0.1) is 19.8 Å². The summed E-state index contributed by atoms with van der Waals surface area (Å²) in [7, 11) is 0. The molecule has 2 heterocycles. The van der Waals surface area contributed by atoms with Gasteiger partial charge in [0.15, 0.2) is 5.13 Å². The van der Waals surface area contributed by atoms with Crippen molar-refractivity contribution in [1.29, 1.82) is 0 Å². The number of benzene rings is 1. The molecule has 100 valence electrons. The van der Waals surface area contributed by atoms with Crippen molar-refractivity contribution < 1.29 is 4.79 Å². The van der Waals surface area contributed by atoms with Crippen LogP contribution in [-0.4, -0.2) is 24.0 Å². The van der Waals surface area contributed by atoms with Crippen LogP contribution in [0.3, 0.4) is 0 Å². The van der Waals surface area contributed by atoms with Crippen LogP contribution < -0.4 is 10.6 Å². The zero-order valence-electron chi connectivity index (χ0n) is 11.1. The molecule has 3 rings (SSSR count). The lowest BCUT2D eigenvalue weighted by atomic mass is 10.1. The van der Waals surface area contributed by atoms with Gasteiger partial charge in [0, 0.05) is 13.0 Å². The van der Waals surface area contributed by atoms with Gasteiger partial charge in [0.2, 0.25) is 5.91 Å². The van der Waals surface area contributed by atoms with Crippen LogP contribution in [0.25, 0.3) is 10.2 Å². The van der Waals surface area contributed by atoms with Crippen molar-refractivity contribution in [2.75, 3.05) is 18.0 Å². The number of thiazole rings is 1. The number of carbonyl (C=O) groups excluding carboxylic acids is 1. The Morgan fingerprint density at radius 2 is 2.26 bits per heavy atom. The van der Waals surface area contributed by atoms with Crippen molar-refractivity contribution >= 4 is 32.6 Å². The molecule has 1 atom stereocenters. The molecule has 0 aliphatic carbocycles. The maximum absolute atomic E-state index is 12.0. The maximum atomic E-state index is 12.0. The molecule has 0 saturated carbocycles. The van der Waals surface area contributed by atoms with Gasteiger partial charge >= 0.3 is 0 Å². The highest BCUT2D eigenvalue weighted by atomic mass is 32.1. The first-order valence-electron chi connectivity index (χ1n) is 6.47. The molecule has 2 aromatic rings. The summed E-state index contributed by atoms with van der Waals surface area (Å²) in [5.41, 5.74) is 9.11.